The van der Waals surface area contributed by atoms with Gasteiger partial charge in [-0.05, 0) is 51.1 Å². The van der Waals surface area contributed by atoms with E-state index in [4.69, 9.17) is 9.47 Å². The largest absolute Gasteiger partial charge is 0.494 e. The summed E-state index contributed by atoms with van der Waals surface area (Å²) in [7, 11) is 1.48. The number of carbonyl (C=O) groups excluding carboxylic acids is 2. The minimum atomic E-state index is -4.74. The second kappa shape index (κ2) is 12.6. The third kappa shape index (κ3) is 8.40. The first-order valence-electron chi connectivity index (χ1n) is 13.5. The van der Waals surface area contributed by atoms with Crippen LogP contribution in [-0.4, -0.2) is 65.8 Å². The van der Waals surface area contributed by atoms with Gasteiger partial charge in [-0.15, -0.1) is 0 Å². The number of halogens is 3. The summed E-state index contributed by atoms with van der Waals surface area (Å²) in [5.41, 5.74) is 0.0867. The van der Waals surface area contributed by atoms with Crippen molar-refractivity contribution in [1.82, 2.24) is 14.9 Å². The number of nitrogens with one attached hydrogen (secondary N) is 3. The Balaban J connectivity index is 1.54. The fourth-order valence-electron chi connectivity index (χ4n) is 4.36. The van der Waals surface area contributed by atoms with Crippen molar-refractivity contribution < 1.29 is 32.2 Å². The molecule has 1 fully saturated rings. The zero-order chi connectivity index (χ0) is 31.4. The number of anilines is 6. The van der Waals surface area contributed by atoms with E-state index in [1.807, 2.05) is 6.07 Å². The van der Waals surface area contributed by atoms with E-state index >= 15 is 0 Å². The molecule has 2 amide bonds. The Bertz CT molecular complexity index is 1470. The van der Waals surface area contributed by atoms with Crippen LogP contribution in [0.3, 0.4) is 0 Å². The number of benzene rings is 2. The van der Waals surface area contributed by atoms with Crippen LogP contribution in [0.4, 0.5) is 52.5 Å². The minimum absolute atomic E-state index is 0.0346. The highest BCUT2D eigenvalue weighted by molar-refractivity contribution is 5.86. The lowest BCUT2D eigenvalue weighted by atomic mass is 10.2. The van der Waals surface area contributed by atoms with Gasteiger partial charge in [-0.2, -0.15) is 18.2 Å². The number of ether oxygens (including phenoxy) is 2. The van der Waals surface area contributed by atoms with E-state index in [0.29, 0.717) is 49.5 Å². The standard InChI is InChI=1S/C29H34F3N7O4/c1-18(40)38-11-13-39(14-12-38)21-9-10-23(24(16-21)42-5)36-26-33-17-22(29(30,31)32)25(37-26)34-19-7-6-8-20(15-19)35-27(41)43-28(2,3)4/h6-10,15-17H,11-14H2,1-5H3,(H,35,41)(H2,33,34,36,37). The number of alkyl halides is 3. The quantitative estimate of drug-likeness (QED) is 0.299. The predicted molar refractivity (Wildman–Crippen MR) is 157 cm³/mol. The summed E-state index contributed by atoms with van der Waals surface area (Å²) in [6, 6.07) is 11.5. The number of methoxy groups -OCH3 is 1. The van der Waals surface area contributed by atoms with Crippen molar-refractivity contribution in [2.24, 2.45) is 0 Å². The Morgan fingerprint density at radius 3 is 2.28 bits per heavy atom. The monoisotopic (exact) mass is 601 g/mol. The maximum Gasteiger partial charge on any atom is 0.421 e. The Morgan fingerprint density at radius 1 is 0.953 bits per heavy atom. The third-order valence-corrected chi connectivity index (χ3v) is 6.39. The van der Waals surface area contributed by atoms with Crippen LogP contribution in [0, 0.1) is 0 Å². The molecule has 0 spiro atoms. The van der Waals surface area contributed by atoms with E-state index in [-0.39, 0.29) is 17.5 Å². The lowest BCUT2D eigenvalue weighted by Gasteiger charge is -2.35. The van der Waals surface area contributed by atoms with E-state index in [0.717, 1.165) is 5.69 Å². The van der Waals surface area contributed by atoms with Crippen LogP contribution in [-0.2, 0) is 15.7 Å². The van der Waals surface area contributed by atoms with Crippen LogP contribution in [0.5, 0.6) is 5.75 Å². The molecule has 0 aliphatic carbocycles. The minimum Gasteiger partial charge on any atom is -0.494 e. The Morgan fingerprint density at radius 2 is 1.65 bits per heavy atom. The van der Waals surface area contributed by atoms with Crippen molar-refractivity contribution >= 4 is 46.5 Å². The Kier molecular flexibility index (Phi) is 9.16. The summed E-state index contributed by atoms with van der Waals surface area (Å²) in [5.74, 6) is -0.115. The van der Waals surface area contributed by atoms with E-state index in [1.54, 1.807) is 56.9 Å². The van der Waals surface area contributed by atoms with Gasteiger partial charge in [-0.25, -0.2) is 9.78 Å². The normalized spacial score (nSPS) is 13.8. The molecule has 1 saturated heterocycles. The second-order valence-corrected chi connectivity index (χ2v) is 10.8. The summed E-state index contributed by atoms with van der Waals surface area (Å²) in [5, 5.41) is 8.19. The maximum atomic E-state index is 13.9. The van der Waals surface area contributed by atoms with Gasteiger partial charge in [-0.1, -0.05) is 6.07 Å². The summed E-state index contributed by atoms with van der Waals surface area (Å²) in [6.45, 7) is 9.21. The van der Waals surface area contributed by atoms with E-state index in [2.05, 4.69) is 30.8 Å². The number of nitrogens with zero attached hydrogens (tertiary/aromatic N) is 4. The highest BCUT2D eigenvalue weighted by Crippen LogP contribution is 2.37. The van der Waals surface area contributed by atoms with Crippen molar-refractivity contribution in [3.63, 3.8) is 0 Å². The molecular weight excluding hydrogens is 567 g/mol. The van der Waals surface area contributed by atoms with Crippen LogP contribution >= 0.6 is 0 Å². The summed E-state index contributed by atoms with van der Waals surface area (Å²) in [4.78, 5) is 35.7. The number of rotatable bonds is 7. The first-order valence-corrected chi connectivity index (χ1v) is 13.5. The molecule has 14 heteroatoms. The SMILES string of the molecule is COc1cc(N2CCN(C(C)=O)CC2)ccc1Nc1ncc(C(F)(F)F)c(Nc2cccc(NC(=O)OC(C)(C)C)c2)n1. The smallest absolute Gasteiger partial charge is 0.421 e. The van der Waals surface area contributed by atoms with Gasteiger partial charge < -0.3 is 29.9 Å². The van der Waals surface area contributed by atoms with Crippen molar-refractivity contribution in [3.05, 3.63) is 54.2 Å². The molecule has 3 aromatic rings. The predicted octanol–water partition coefficient (Wildman–Crippen LogP) is 6.01. The lowest BCUT2D eigenvalue weighted by Crippen LogP contribution is -2.48. The first-order chi connectivity index (χ1) is 20.2. The molecule has 2 aromatic carbocycles. The second-order valence-electron chi connectivity index (χ2n) is 10.8. The molecule has 4 rings (SSSR count). The zero-order valence-corrected chi connectivity index (χ0v) is 24.5. The molecule has 0 bridgehead atoms. The Hall–Kier alpha value is -4.75. The fourth-order valence-corrected chi connectivity index (χ4v) is 4.36. The first kappa shape index (κ1) is 31.2. The van der Waals surface area contributed by atoms with Crippen LogP contribution in [0.1, 0.15) is 33.3 Å². The average molecular weight is 602 g/mol. The molecule has 0 unspecified atom stereocenters. The van der Waals surface area contributed by atoms with Gasteiger partial charge in [0.05, 0.1) is 12.8 Å². The van der Waals surface area contributed by atoms with Gasteiger partial charge >= 0.3 is 12.3 Å². The topological polar surface area (TPSA) is 121 Å². The van der Waals surface area contributed by atoms with Gasteiger partial charge in [0.1, 0.15) is 22.7 Å². The van der Waals surface area contributed by atoms with Gasteiger partial charge in [0.2, 0.25) is 11.9 Å². The van der Waals surface area contributed by atoms with Gasteiger partial charge in [-0.3, -0.25) is 10.1 Å². The maximum absolute atomic E-state index is 13.9. The van der Waals surface area contributed by atoms with Crippen molar-refractivity contribution in [1.29, 1.82) is 0 Å². The molecule has 3 N–H and O–H groups in total. The van der Waals surface area contributed by atoms with Crippen molar-refractivity contribution in [2.45, 2.75) is 39.5 Å². The molecule has 2 heterocycles. The molecule has 43 heavy (non-hydrogen) atoms. The number of hydrogen-bond donors (Lipinski definition) is 3. The van der Waals surface area contributed by atoms with Crippen molar-refractivity contribution in [3.8, 4) is 5.75 Å². The number of hydrogen-bond acceptors (Lipinski definition) is 9. The Labute approximate surface area is 247 Å². The van der Waals surface area contributed by atoms with E-state index in [1.165, 1.54) is 19.2 Å². The highest BCUT2D eigenvalue weighted by Gasteiger charge is 2.35. The molecule has 1 aromatic heterocycles. The lowest BCUT2D eigenvalue weighted by molar-refractivity contribution is -0.137. The molecule has 0 radical (unpaired) electrons. The molecule has 0 saturated carbocycles. The van der Waals surface area contributed by atoms with Crippen LogP contribution in [0.15, 0.2) is 48.7 Å². The summed E-state index contributed by atoms with van der Waals surface area (Å²) in [6.07, 6.45) is -4.75. The zero-order valence-electron chi connectivity index (χ0n) is 24.5. The number of carbonyl (C=O) groups is 2. The van der Waals surface area contributed by atoms with Gasteiger partial charge in [0, 0.05) is 62.4 Å². The molecule has 11 nitrogen and oxygen atoms in total. The summed E-state index contributed by atoms with van der Waals surface area (Å²) < 4.78 is 52.4. The molecule has 1 aliphatic rings. The number of aromatic nitrogens is 2. The van der Waals surface area contributed by atoms with Crippen LogP contribution in [0.25, 0.3) is 0 Å². The van der Waals surface area contributed by atoms with E-state index in [9.17, 15) is 22.8 Å². The molecular formula is C29H34F3N7O4. The molecule has 0 atom stereocenters. The number of piperazine rings is 1. The van der Waals surface area contributed by atoms with E-state index < -0.39 is 29.3 Å². The van der Waals surface area contributed by atoms with Gasteiger partial charge in [0.25, 0.3) is 0 Å². The highest BCUT2D eigenvalue weighted by atomic mass is 19.4. The molecule has 230 valence electrons. The van der Waals surface area contributed by atoms with Crippen molar-refractivity contribution in [2.75, 3.05) is 54.1 Å². The number of amides is 2. The fraction of sp³-hybridized carbons (Fsp3) is 0.379. The molecule has 1 aliphatic heterocycles. The van der Waals surface area contributed by atoms with Gasteiger partial charge in [0.15, 0.2) is 0 Å². The third-order valence-electron chi connectivity index (χ3n) is 6.39. The average Bonchev–Trinajstić information content (AvgIpc) is 2.92. The van der Waals surface area contributed by atoms with Crippen LogP contribution in [0.2, 0.25) is 0 Å². The van der Waals surface area contributed by atoms with Crippen LogP contribution < -0.4 is 25.6 Å². The summed E-state index contributed by atoms with van der Waals surface area (Å²) >= 11 is 0.